The Kier molecular flexibility index (Phi) is 6.57. The number of pyridine rings is 2. The first-order valence-corrected chi connectivity index (χ1v) is 12.5. The summed E-state index contributed by atoms with van der Waals surface area (Å²) in [4.78, 5) is 35.2. The maximum Gasteiger partial charge on any atom is 0.274 e. The quantitative estimate of drug-likeness (QED) is 0.547. The van der Waals surface area contributed by atoms with E-state index in [2.05, 4.69) is 15.3 Å². The number of nitrogens with one attached hydrogen (secondary N) is 1. The molecule has 3 heterocycles. The van der Waals surface area contributed by atoms with Crippen molar-refractivity contribution in [2.45, 2.75) is 19.4 Å². The van der Waals surface area contributed by atoms with E-state index in [1.54, 1.807) is 12.1 Å². The van der Waals surface area contributed by atoms with Crippen molar-refractivity contribution in [3.05, 3.63) is 59.2 Å². The lowest BCUT2D eigenvalue weighted by Crippen LogP contribution is -2.39. The van der Waals surface area contributed by atoms with Crippen molar-refractivity contribution in [2.24, 2.45) is 0 Å². The number of amides is 2. The van der Waals surface area contributed by atoms with Crippen LogP contribution in [0.1, 0.15) is 39.3 Å². The number of fused-ring (bicyclic) bond motifs is 1. The number of hydrogen-bond donors (Lipinski definition) is 2. The van der Waals surface area contributed by atoms with Gasteiger partial charge in [-0.2, -0.15) is 0 Å². The van der Waals surface area contributed by atoms with Gasteiger partial charge in [-0.05, 0) is 42.7 Å². The first-order valence-electron chi connectivity index (χ1n) is 10.9. The van der Waals surface area contributed by atoms with Crippen molar-refractivity contribution in [2.75, 3.05) is 30.7 Å². The summed E-state index contributed by atoms with van der Waals surface area (Å²) in [5, 5.41) is 13.6. The maximum absolute atomic E-state index is 13.8. The van der Waals surface area contributed by atoms with E-state index in [4.69, 9.17) is 0 Å². The molecule has 0 aliphatic carbocycles. The summed E-state index contributed by atoms with van der Waals surface area (Å²) in [5.41, 5.74) is 0.0618. The smallest absolute Gasteiger partial charge is 0.274 e. The highest BCUT2D eigenvalue weighted by Gasteiger charge is 2.31. The number of aromatic nitrogens is 2. The van der Waals surface area contributed by atoms with Crippen LogP contribution in [-0.2, 0) is 16.6 Å². The molecule has 0 saturated carbocycles. The fourth-order valence-corrected chi connectivity index (χ4v) is 5.48. The number of benzene rings is 1. The number of aromatic hydroxyl groups is 1. The van der Waals surface area contributed by atoms with E-state index in [1.165, 1.54) is 37.3 Å². The minimum atomic E-state index is -3.65. The van der Waals surface area contributed by atoms with Gasteiger partial charge in [-0.15, -0.1) is 0 Å². The standard InChI is InChI=1S/C23H24FN5O5S/c1-28(2)23(32)17-12-15(24)8-7-14(17)13-26-22(31)19-20(30)18-16(6-5-9-25-18)21(27-19)29-10-3-4-11-35(29,33)34/h5-9,12,30H,3-4,10-11,13H2,1-2H3,(H,26,31). The summed E-state index contributed by atoms with van der Waals surface area (Å²) in [5.74, 6) is -2.38. The van der Waals surface area contributed by atoms with Gasteiger partial charge in [0.25, 0.3) is 11.8 Å². The normalized spacial score (nSPS) is 15.1. The van der Waals surface area contributed by atoms with Gasteiger partial charge < -0.3 is 15.3 Å². The third-order valence-corrected chi connectivity index (χ3v) is 7.50. The molecule has 1 fully saturated rings. The van der Waals surface area contributed by atoms with Gasteiger partial charge in [0.1, 0.15) is 11.3 Å². The zero-order valence-electron chi connectivity index (χ0n) is 19.2. The molecule has 10 nitrogen and oxygen atoms in total. The van der Waals surface area contributed by atoms with E-state index in [-0.39, 0.29) is 35.7 Å². The summed E-state index contributed by atoms with van der Waals surface area (Å²) in [7, 11) is -0.607. The number of anilines is 1. The third kappa shape index (κ3) is 4.74. The van der Waals surface area contributed by atoms with Crippen molar-refractivity contribution in [3.8, 4) is 5.75 Å². The Balaban J connectivity index is 1.72. The van der Waals surface area contributed by atoms with Crippen molar-refractivity contribution in [1.82, 2.24) is 20.2 Å². The third-order valence-electron chi connectivity index (χ3n) is 5.66. The minimum absolute atomic E-state index is 0.0148. The van der Waals surface area contributed by atoms with Crippen molar-refractivity contribution in [3.63, 3.8) is 0 Å². The Morgan fingerprint density at radius 2 is 2.00 bits per heavy atom. The second kappa shape index (κ2) is 9.45. The highest BCUT2D eigenvalue weighted by Crippen LogP contribution is 2.35. The molecule has 1 aliphatic heterocycles. The van der Waals surface area contributed by atoms with Crippen LogP contribution in [0.5, 0.6) is 5.75 Å². The average molecular weight is 502 g/mol. The van der Waals surface area contributed by atoms with Gasteiger partial charge in [-0.1, -0.05) is 6.07 Å². The summed E-state index contributed by atoms with van der Waals surface area (Å²) in [6.07, 6.45) is 2.56. The van der Waals surface area contributed by atoms with E-state index in [1.807, 2.05) is 0 Å². The molecule has 2 aromatic heterocycles. The Morgan fingerprint density at radius 1 is 1.23 bits per heavy atom. The van der Waals surface area contributed by atoms with Crippen LogP contribution in [0.2, 0.25) is 0 Å². The molecule has 12 heteroatoms. The van der Waals surface area contributed by atoms with E-state index in [0.717, 1.165) is 10.4 Å². The first kappa shape index (κ1) is 24.3. The maximum atomic E-state index is 13.8. The zero-order valence-corrected chi connectivity index (χ0v) is 20.0. The van der Waals surface area contributed by atoms with Crippen LogP contribution in [0.4, 0.5) is 10.2 Å². The number of carbonyl (C=O) groups is 2. The second-order valence-corrected chi connectivity index (χ2v) is 10.3. The highest BCUT2D eigenvalue weighted by atomic mass is 32.2. The van der Waals surface area contributed by atoms with Crippen LogP contribution >= 0.6 is 0 Å². The van der Waals surface area contributed by atoms with Gasteiger partial charge in [0.05, 0.1) is 5.75 Å². The molecule has 0 bridgehead atoms. The fourth-order valence-electron chi connectivity index (χ4n) is 3.88. The molecule has 1 aliphatic rings. The van der Waals surface area contributed by atoms with Crippen molar-refractivity contribution in [1.29, 1.82) is 0 Å². The molecular formula is C23H24FN5O5S. The Labute approximate surface area is 201 Å². The van der Waals surface area contributed by atoms with E-state index in [9.17, 15) is 27.5 Å². The summed E-state index contributed by atoms with van der Waals surface area (Å²) >= 11 is 0. The second-order valence-electron chi connectivity index (χ2n) is 8.31. The van der Waals surface area contributed by atoms with Crippen molar-refractivity contribution < 1.29 is 27.5 Å². The monoisotopic (exact) mass is 501 g/mol. The molecule has 4 rings (SSSR count). The number of hydrogen-bond acceptors (Lipinski definition) is 7. The zero-order chi connectivity index (χ0) is 25.3. The van der Waals surface area contributed by atoms with Gasteiger partial charge in [-0.25, -0.2) is 17.8 Å². The molecule has 3 aromatic rings. The topological polar surface area (TPSA) is 133 Å². The van der Waals surface area contributed by atoms with Gasteiger partial charge in [0.15, 0.2) is 17.3 Å². The molecule has 2 amide bonds. The number of carbonyl (C=O) groups excluding carboxylic acids is 2. The van der Waals surface area contributed by atoms with Crippen LogP contribution in [0.25, 0.3) is 10.9 Å². The number of sulfonamides is 1. The molecule has 0 spiro atoms. The Hall–Kier alpha value is -3.80. The Bertz CT molecular complexity index is 1430. The predicted octanol–water partition coefficient (Wildman–Crippen LogP) is 2.04. The van der Waals surface area contributed by atoms with Crippen LogP contribution in [0, 0.1) is 5.82 Å². The fraction of sp³-hybridized carbons (Fsp3) is 0.304. The van der Waals surface area contributed by atoms with Gasteiger partial charge in [-0.3, -0.25) is 18.9 Å². The minimum Gasteiger partial charge on any atom is -0.504 e. The first-order chi connectivity index (χ1) is 16.6. The molecule has 1 aromatic carbocycles. The van der Waals surface area contributed by atoms with Crippen LogP contribution in [0.3, 0.4) is 0 Å². The lowest BCUT2D eigenvalue weighted by molar-refractivity contribution is 0.0823. The van der Waals surface area contributed by atoms with Gasteiger partial charge in [0.2, 0.25) is 10.0 Å². The SMILES string of the molecule is CN(C)C(=O)c1cc(F)ccc1CNC(=O)c1nc(N2CCCCS2(=O)=O)c2cccnc2c1O. The van der Waals surface area contributed by atoms with Crippen LogP contribution in [-0.4, -0.2) is 66.6 Å². The summed E-state index contributed by atoms with van der Waals surface area (Å²) < 4.78 is 40.3. The van der Waals surface area contributed by atoms with Crippen molar-refractivity contribution >= 4 is 38.6 Å². The average Bonchev–Trinajstić information content (AvgIpc) is 2.83. The van der Waals surface area contributed by atoms with E-state index < -0.39 is 39.1 Å². The number of rotatable bonds is 5. The lowest BCUT2D eigenvalue weighted by Gasteiger charge is -2.28. The number of halogens is 1. The van der Waals surface area contributed by atoms with Gasteiger partial charge in [0, 0.05) is 44.3 Å². The molecule has 0 atom stereocenters. The van der Waals surface area contributed by atoms with Gasteiger partial charge >= 0.3 is 0 Å². The predicted molar refractivity (Wildman–Crippen MR) is 127 cm³/mol. The molecular weight excluding hydrogens is 477 g/mol. The Morgan fingerprint density at radius 3 is 2.71 bits per heavy atom. The molecule has 0 unspecified atom stereocenters. The van der Waals surface area contributed by atoms with Crippen LogP contribution < -0.4 is 9.62 Å². The molecule has 1 saturated heterocycles. The van der Waals surface area contributed by atoms with E-state index >= 15 is 0 Å². The largest absolute Gasteiger partial charge is 0.504 e. The molecule has 184 valence electrons. The molecule has 0 radical (unpaired) electrons. The molecule has 35 heavy (non-hydrogen) atoms. The van der Waals surface area contributed by atoms with Crippen LogP contribution in [0.15, 0.2) is 36.5 Å². The highest BCUT2D eigenvalue weighted by molar-refractivity contribution is 7.92. The molecule has 2 N–H and O–H groups in total. The lowest BCUT2D eigenvalue weighted by atomic mass is 10.1. The summed E-state index contributed by atoms with van der Waals surface area (Å²) in [6, 6.07) is 6.80. The summed E-state index contributed by atoms with van der Waals surface area (Å²) in [6.45, 7) is 0.0312. The number of nitrogens with zero attached hydrogens (tertiary/aromatic N) is 4. The van der Waals surface area contributed by atoms with E-state index in [0.29, 0.717) is 23.8 Å².